The summed E-state index contributed by atoms with van der Waals surface area (Å²) in [7, 11) is 0. The molecule has 21 heavy (non-hydrogen) atoms. The van der Waals surface area contributed by atoms with Crippen molar-refractivity contribution in [1.29, 1.82) is 0 Å². The average Bonchev–Trinajstić information content (AvgIpc) is 2.40. The van der Waals surface area contributed by atoms with Crippen LogP contribution in [0.3, 0.4) is 0 Å². The van der Waals surface area contributed by atoms with E-state index in [9.17, 15) is 9.59 Å². The Balaban J connectivity index is 2.70. The molecule has 2 amide bonds. The normalized spacial score (nSPS) is 12.0. The summed E-state index contributed by atoms with van der Waals surface area (Å²) in [5.74, 6) is -0.863. The zero-order chi connectivity index (χ0) is 15.8. The minimum atomic E-state index is -0.916. The SMILES string of the molecule is CCCc1ccccc1NC(=O)NC(CC(=O)O)C(C)C. The Hall–Kier alpha value is -2.04. The maximum absolute atomic E-state index is 12.1. The van der Waals surface area contributed by atoms with Gasteiger partial charge in [0.05, 0.1) is 6.42 Å². The van der Waals surface area contributed by atoms with Gasteiger partial charge in [-0.15, -0.1) is 0 Å². The zero-order valence-electron chi connectivity index (χ0n) is 12.8. The molecule has 0 aliphatic heterocycles. The number of rotatable bonds is 7. The number of carbonyl (C=O) groups excluding carboxylic acids is 1. The quantitative estimate of drug-likeness (QED) is 0.721. The van der Waals surface area contributed by atoms with Gasteiger partial charge in [0.15, 0.2) is 0 Å². The molecular weight excluding hydrogens is 268 g/mol. The van der Waals surface area contributed by atoms with Gasteiger partial charge in [-0.3, -0.25) is 4.79 Å². The highest BCUT2D eigenvalue weighted by atomic mass is 16.4. The molecule has 5 heteroatoms. The molecular formula is C16H24N2O3. The lowest BCUT2D eigenvalue weighted by Gasteiger charge is -2.21. The number of hydrogen-bond donors (Lipinski definition) is 3. The maximum Gasteiger partial charge on any atom is 0.319 e. The van der Waals surface area contributed by atoms with Crippen LogP contribution in [-0.4, -0.2) is 23.1 Å². The number of amides is 2. The van der Waals surface area contributed by atoms with Crippen LogP contribution in [0.15, 0.2) is 24.3 Å². The Bertz CT molecular complexity index is 486. The fourth-order valence-corrected chi connectivity index (χ4v) is 2.10. The lowest BCUT2D eigenvalue weighted by molar-refractivity contribution is -0.137. The summed E-state index contributed by atoms with van der Waals surface area (Å²) < 4.78 is 0. The van der Waals surface area contributed by atoms with Gasteiger partial charge in [0.25, 0.3) is 0 Å². The third-order valence-corrected chi connectivity index (χ3v) is 3.30. The first-order valence-corrected chi connectivity index (χ1v) is 7.31. The van der Waals surface area contributed by atoms with Gasteiger partial charge in [0.2, 0.25) is 0 Å². The van der Waals surface area contributed by atoms with Gasteiger partial charge in [-0.1, -0.05) is 45.4 Å². The molecule has 1 atom stereocenters. The first-order valence-electron chi connectivity index (χ1n) is 7.31. The Labute approximate surface area is 125 Å². The molecule has 1 aromatic rings. The number of carboxylic acids is 1. The topological polar surface area (TPSA) is 78.4 Å². The van der Waals surface area contributed by atoms with E-state index in [1.54, 1.807) is 0 Å². The first-order chi connectivity index (χ1) is 9.93. The third-order valence-electron chi connectivity index (χ3n) is 3.30. The van der Waals surface area contributed by atoms with Gasteiger partial charge in [0.1, 0.15) is 0 Å². The predicted octanol–water partition coefficient (Wildman–Crippen LogP) is 3.26. The number of urea groups is 1. The fourth-order valence-electron chi connectivity index (χ4n) is 2.10. The standard InChI is InChI=1S/C16H24N2O3/c1-4-7-12-8-5-6-9-13(12)17-16(21)18-14(11(2)3)10-15(19)20/h5-6,8-9,11,14H,4,7,10H2,1-3H3,(H,19,20)(H2,17,18,21). The van der Waals surface area contributed by atoms with E-state index in [4.69, 9.17) is 5.11 Å². The molecule has 0 aliphatic rings. The van der Waals surface area contributed by atoms with E-state index >= 15 is 0 Å². The van der Waals surface area contributed by atoms with Crippen LogP contribution < -0.4 is 10.6 Å². The minimum Gasteiger partial charge on any atom is -0.481 e. The van der Waals surface area contributed by atoms with Gasteiger partial charge < -0.3 is 15.7 Å². The van der Waals surface area contributed by atoms with E-state index in [0.29, 0.717) is 0 Å². The Morgan fingerprint density at radius 2 is 1.90 bits per heavy atom. The number of anilines is 1. The number of nitrogens with one attached hydrogen (secondary N) is 2. The molecule has 116 valence electrons. The Kier molecular flexibility index (Phi) is 6.72. The third kappa shape index (κ3) is 5.85. The van der Waals surface area contributed by atoms with Crippen LogP contribution in [-0.2, 0) is 11.2 Å². The van der Waals surface area contributed by atoms with E-state index in [0.717, 1.165) is 24.1 Å². The van der Waals surface area contributed by atoms with Crippen molar-refractivity contribution in [2.45, 2.75) is 46.1 Å². The summed E-state index contributed by atoms with van der Waals surface area (Å²) in [6, 6.07) is 6.89. The van der Waals surface area contributed by atoms with Crippen molar-refractivity contribution in [3.05, 3.63) is 29.8 Å². The molecule has 5 nitrogen and oxygen atoms in total. The lowest BCUT2D eigenvalue weighted by atomic mass is 10.0. The molecule has 1 unspecified atom stereocenters. The molecule has 0 saturated carbocycles. The molecule has 0 saturated heterocycles. The van der Waals surface area contributed by atoms with E-state index < -0.39 is 5.97 Å². The van der Waals surface area contributed by atoms with Crippen LogP contribution in [0.25, 0.3) is 0 Å². The second-order valence-electron chi connectivity index (χ2n) is 5.45. The van der Waals surface area contributed by atoms with Crippen LogP contribution in [0, 0.1) is 5.92 Å². The molecule has 0 bridgehead atoms. The van der Waals surface area contributed by atoms with Gasteiger partial charge in [-0.2, -0.15) is 0 Å². The van der Waals surface area contributed by atoms with Crippen molar-refractivity contribution >= 4 is 17.7 Å². The Morgan fingerprint density at radius 3 is 2.48 bits per heavy atom. The summed E-state index contributed by atoms with van der Waals surface area (Å²) in [6.45, 7) is 5.86. The second kappa shape index (κ2) is 8.29. The molecule has 1 rings (SSSR count). The van der Waals surface area contributed by atoms with E-state index in [2.05, 4.69) is 17.6 Å². The average molecular weight is 292 g/mol. The largest absolute Gasteiger partial charge is 0.481 e. The minimum absolute atomic E-state index is 0.0535. The smallest absolute Gasteiger partial charge is 0.319 e. The monoisotopic (exact) mass is 292 g/mol. The van der Waals surface area contributed by atoms with Gasteiger partial charge in [-0.05, 0) is 24.0 Å². The second-order valence-corrected chi connectivity index (χ2v) is 5.45. The lowest BCUT2D eigenvalue weighted by Crippen LogP contribution is -2.42. The number of para-hydroxylation sites is 1. The number of hydrogen-bond acceptors (Lipinski definition) is 2. The molecule has 0 heterocycles. The molecule has 0 fully saturated rings. The molecule has 3 N–H and O–H groups in total. The fraction of sp³-hybridized carbons (Fsp3) is 0.500. The summed E-state index contributed by atoms with van der Waals surface area (Å²) in [4.78, 5) is 22.9. The van der Waals surface area contributed by atoms with Crippen molar-refractivity contribution in [1.82, 2.24) is 5.32 Å². The molecule has 0 aromatic heterocycles. The van der Waals surface area contributed by atoms with Gasteiger partial charge in [-0.25, -0.2) is 4.79 Å². The Morgan fingerprint density at radius 1 is 1.24 bits per heavy atom. The van der Waals surface area contributed by atoms with Crippen molar-refractivity contribution in [3.8, 4) is 0 Å². The van der Waals surface area contributed by atoms with Crippen molar-refractivity contribution in [2.24, 2.45) is 5.92 Å². The van der Waals surface area contributed by atoms with Crippen LogP contribution in [0.4, 0.5) is 10.5 Å². The molecule has 0 spiro atoms. The molecule has 0 aliphatic carbocycles. The van der Waals surface area contributed by atoms with Crippen LogP contribution in [0.1, 0.15) is 39.2 Å². The van der Waals surface area contributed by atoms with Crippen LogP contribution >= 0.6 is 0 Å². The number of carbonyl (C=O) groups is 2. The van der Waals surface area contributed by atoms with E-state index in [-0.39, 0.29) is 24.4 Å². The summed E-state index contributed by atoms with van der Waals surface area (Å²) in [5, 5.41) is 14.4. The summed E-state index contributed by atoms with van der Waals surface area (Å²) >= 11 is 0. The van der Waals surface area contributed by atoms with Crippen molar-refractivity contribution in [3.63, 3.8) is 0 Å². The van der Waals surface area contributed by atoms with Crippen LogP contribution in [0.2, 0.25) is 0 Å². The molecule has 0 radical (unpaired) electrons. The van der Waals surface area contributed by atoms with E-state index in [1.807, 2.05) is 38.1 Å². The summed E-state index contributed by atoms with van der Waals surface area (Å²) in [6.07, 6.45) is 1.80. The van der Waals surface area contributed by atoms with Crippen molar-refractivity contribution < 1.29 is 14.7 Å². The number of aliphatic carboxylic acids is 1. The van der Waals surface area contributed by atoms with E-state index in [1.165, 1.54) is 0 Å². The van der Waals surface area contributed by atoms with Gasteiger partial charge >= 0.3 is 12.0 Å². The molecule has 1 aromatic carbocycles. The highest BCUT2D eigenvalue weighted by molar-refractivity contribution is 5.90. The number of benzene rings is 1. The van der Waals surface area contributed by atoms with Gasteiger partial charge in [0, 0.05) is 11.7 Å². The summed E-state index contributed by atoms with van der Waals surface area (Å²) in [5.41, 5.74) is 1.85. The highest BCUT2D eigenvalue weighted by Crippen LogP contribution is 2.17. The maximum atomic E-state index is 12.1. The number of carboxylic acid groups (broad SMARTS) is 1. The van der Waals surface area contributed by atoms with Crippen LogP contribution in [0.5, 0.6) is 0 Å². The highest BCUT2D eigenvalue weighted by Gasteiger charge is 2.19. The predicted molar refractivity (Wildman–Crippen MR) is 83.5 cm³/mol. The van der Waals surface area contributed by atoms with Crippen molar-refractivity contribution in [2.75, 3.05) is 5.32 Å². The first kappa shape index (κ1) is 17.0. The zero-order valence-corrected chi connectivity index (χ0v) is 12.8. The number of aryl methyl sites for hydroxylation is 1.